The smallest absolute Gasteiger partial charge is 0.221 e. The van der Waals surface area contributed by atoms with E-state index in [2.05, 4.69) is 11.7 Å². The Morgan fingerprint density at radius 1 is 1.06 bits per heavy atom. The van der Waals surface area contributed by atoms with Crippen molar-refractivity contribution in [1.29, 1.82) is 0 Å². The summed E-state index contributed by atoms with van der Waals surface area (Å²) in [5.74, 6) is 0.435. The highest BCUT2D eigenvalue weighted by molar-refractivity contribution is 5.75. The number of Topliss-reactive ketones (excluding diaryl/α,β-unsaturated/α-hetero) is 1. The standard InChI is InChI=1S/C5H11NO.C4H8O.C2H5N.3CH4/c1-4-5(7)6(2)3;1-3-4(2)5;1-3-2;;;/h4H2,1-3H3;3H2,1-2H3;1H2,2H3;3*1H4. The van der Waals surface area contributed by atoms with Crippen molar-refractivity contribution in [1.82, 2.24) is 4.90 Å². The molecule has 0 aromatic heterocycles. The number of rotatable bonds is 2. The summed E-state index contributed by atoms with van der Waals surface area (Å²) in [6.45, 7) is 8.39. The van der Waals surface area contributed by atoms with E-state index in [1.807, 2.05) is 13.8 Å². The van der Waals surface area contributed by atoms with E-state index >= 15 is 0 Å². The van der Waals surface area contributed by atoms with Crippen LogP contribution in [0, 0.1) is 0 Å². The molecule has 0 radical (unpaired) electrons. The summed E-state index contributed by atoms with van der Waals surface area (Å²) in [5.41, 5.74) is 0. The summed E-state index contributed by atoms with van der Waals surface area (Å²) in [6.07, 6.45) is 1.27. The monoisotopic (exact) mass is 264 g/mol. The summed E-state index contributed by atoms with van der Waals surface area (Å²) in [7, 11) is 5.15. The lowest BCUT2D eigenvalue weighted by Crippen LogP contribution is -2.19. The molecule has 0 aliphatic carbocycles. The lowest BCUT2D eigenvalue weighted by molar-refractivity contribution is -0.128. The third-order valence-electron chi connectivity index (χ3n) is 1.30. The van der Waals surface area contributed by atoms with Crippen LogP contribution in [0.4, 0.5) is 0 Å². The molecule has 0 atom stereocenters. The molecule has 0 aromatic carbocycles. The minimum atomic E-state index is 0. The van der Waals surface area contributed by atoms with Crippen LogP contribution in [0.3, 0.4) is 0 Å². The first-order valence-electron chi connectivity index (χ1n) is 4.91. The fourth-order valence-electron chi connectivity index (χ4n) is 0.316. The zero-order valence-corrected chi connectivity index (χ0v) is 10.8. The first-order chi connectivity index (χ1) is 6.87. The van der Waals surface area contributed by atoms with E-state index in [-0.39, 0.29) is 34.0 Å². The molecule has 0 aliphatic rings. The summed E-state index contributed by atoms with van der Waals surface area (Å²) >= 11 is 0. The van der Waals surface area contributed by atoms with Crippen molar-refractivity contribution in [3.8, 4) is 0 Å². The number of hydrogen-bond donors (Lipinski definition) is 0. The molecule has 0 heterocycles. The van der Waals surface area contributed by atoms with Gasteiger partial charge in [0.15, 0.2) is 0 Å². The van der Waals surface area contributed by atoms with Gasteiger partial charge in [0.1, 0.15) is 5.78 Å². The van der Waals surface area contributed by atoms with Crippen molar-refractivity contribution in [3.63, 3.8) is 0 Å². The number of nitrogens with zero attached hydrogens (tertiary/aromatic N) is 2. The summed E-state index contributed by atoms with van der Waals surface area (Å²) in [5, 5.41) is 0. The van der Waals surface area contributed by atoms with Gasteiger partial charge in [-0.15, -0.1) is 0 Å². The minimum absolute atomic E-state index is 0. The molecule has 1 amide bonds. The van der Waals surface area contributed by atoms with E-state index in [1.165, 1.54) is 0 Å². The van der Waals surface area contributed by atoms with Gasteiger partial charge < -0.3 is 14.7 Å². The zero-order chi connectivity index (χ0) is 12.9. The van der Waals surface area contributed by atoms with Crippen LogP contribution in [-0.2, 0) is 9.59 Å². The van der Waals surface area contributed by atoms with E-state index in [1.54, 1.807) is 33.0 Å². The number of carbonyl (C=O) groups is 2. The molecule has 0 spiro atoms. The van der Waals surface area contributed by atoms with Crippen molar-refractivity contribution in [2.45, 2.75) is 55.9 Å². The molecular weight excluding hydrogens is 228 g/mol. The molecule has 0 saturated carbocycles. The molecule has 18 heavy (non-hydrogen) atoms. The van der Waals surface area contributed by atoms with Gasteiger partial charge in [-0.2, -0.15) is 0 Å². The quantitative estimate of drug-likeness (QED) is 0.714. The SMILES string of the molecule is C.C.C.C=NC.CCC(=O)N(C)C.CCC(C)=O. The Balaban J connectivity index is -0.0000000296. The van der Waals surface area contributed by atoms with E-state index in [0.717, 1.165) is 0 Å². The highest BCUT2D eigenvalue weighted by Gasteiger charge is 1.95. The summed E-state index contributed by atoms with van der Waals surface area (Å²) in [6, 6.07) is 0. The van der Waals surface area contributed by atoms with E-state index in [4.69, 9.17) is 0 Å². The van der Waals surface area contributed by atoms with Crippen molar-refractivity contribution in [2.24, 2.45) is 4.99 Å². The molecule has 0 aromatic rings. The Labute approximate surface area is 115 Å². The minimum Gasteiger partial charge on any atom is -0.349 e. The second-order valence-electron chi connectivity index (χ2n) is 3.01. The van der Waals surface area contributed by atoms with Crippen LogP contribution in [0.1, 0.15) is 55.9 Å². The Hall–Kier alpha value is -1.19. The molecule has 0 rings (SSSR count). The molecule has 4 heteroatoms. The maximum Gasteiger partial charge on any atom is 0.221 e. The maximum absolute atomic E-state index is 10.4. The number of carbonyl (C=O) groups excluding carboxylic acids is 2. The van der Waals surface area contributed by atoms with Gasteiger partial charge in [0, 0.05) is 34.0 Å². The van der Waals surface area contributed by atoms with Gasteiger partial charge in [-0.3, -0.25) is 4.79 Å². The number of ketones is 1. The van der Waals surface area contributed by atoms with Crippen molar-refractivity contribution >= 4 is 18.4 Å². The summed E-state index contributed by atoms with van der Waals surface area (Å²) in [4.78, 5) is 25.1. The van der Waals surface area contributed by atoms with Gasteiger partial charge in [0.05, 0.1) is 0 Å². The molecular formula is C14H36N2O2. The highest BCUT2D eigenvalue weighted by Crippen LogP contribution is 1.81. The molecule has 4 nitrogen and oxygen atoms in total. The van der Waals surface area contributed by atoms with Crippen LogP contribution in [0.25, 0.3) is 0 Å². The predicted molar refractivity (Wildman–Crippen MR) is 85.6 cm³/mol. The fraction of sp³-hybridized carbons (Fsp3) is 0.786. The second-order valence-corrected chi connectivity index (χ2v) is 3.01. The number of aliphatic imine (C=N–C) groups is 1. The van der Waals surface area contributed by atoms with Crippen molar-refractivity contribution < 1.29 is 9.59 Å². The Morgan fingerprint density at radius 2 is 1.28 bits per heavy atom. The third-order valence-corrected chi connectivity index (χ3v) is 1.30. The Bertz CT molecular complexity index is 179. The fourth-order valence-corrected chi connectivity index (χ4v) is 0.316. The van der Waals surface area contributed by atoms with Gasteiger partial charge in [0.25, 0.3) is 0 Å². The number of amides is 1. The van der Waals surface area contributed by atoms with Crippen LogP contribution in [0.2, 0.25) is 0 Å². The summed E-state index contributed by atoms with van der Waals surface area (Å²) < 4.78 is 0. The zero-order valence-electron chi connectivity index (χ0n) is 10.8. The molecule has 0 fully saturated rings. The first kappa shape index (κ1) is 36.0. The average molecular weight is 264 g/mol. The molecule has 0 N–H and O–H groups in total. The van der Waals surface area contributed by atoms with Gasteiger partial charge >= 0.3 is 0 Å². The third kappa shape index (κ3) is 60.9. The molecule has 0 bridgehead atoms. The van der Waals surface area contributed by atoms with Gasteiger partial charge in [-0.05, 0) is 13.6 Å². The number of hydrogen-bond acceptors (Lipinski definition) is 3. The van der Waals surface area contributed by atoms with Gasteiger partial charge in [-0.25, -0.2) is 0 Å². The predicted octanol–water partition coefficient (Wildman–Crippen LogP) is 3.70. The Kier molecular flexibility index (Phi) is 59.3. The van der Waals surface area contributed by atoms with Crippen LogP contribution in [0.15, 0.2) is 4.99 Å². The van der Waals surface area contributed by atoms with Crippen molar-refractivity contribution in [3.05, 3.63) is 0 Å². The average Bonchev–Trinajstić information content (AvgIpc) is 2.18. The van der Waals surface area contributed by atoms with Crippen molar-refractivity contribution in [2.75, 3.05) is 21.1 Å². The van der Waals surface area contributed by atoms with Gasteiger partial charge in [0.2, 0.25) is 5.91 Å². The van der Waals surface area contributed by atoms with Gasteiger partial charge in [-0.1, -0.05) is 36.1 Å². The molecule has 0 saturated heterocycles. The molecule has 0 aliphatic heterocycles. The Morgan fingerprint density at radius 3 is 1.28 bits per heavy atom. The molecule has 0 unspecified atom stereocenters. The lowest BCUT2D eigenvalue weighted by Gasteiger charge is -2.05. The first-order valence-corrected chi connectivity index (χ1v) is 4.91. The van der Waals surface area contributed by atoms with Crippen LogP contribution in [-0.4, -0.2) is 44.5 Å². The maximum atomic E-state index is 10.4. The van der Waals surface area contributed by atoms with E-state index in [0.29, 0.717) is 12.8 Å². The van der Waals surface area contributed by atoms with E-state index in [9.17, 15) is 9.59 Å². The van der Waals surface area contributed by atoms with E-state index < -0.39 is 0 Å². The van der Waals surface area contributed by atoms with Crippen LogP contribution >= 0.6 is 0 Å². The topological polar surface area (TPSA) is 49.7 Å². The largest absolute Gasteiger partial charge is 0.349 e. The molecule has 114 valence electrons. The second kappa shape index (κ2) is 29.7. The van der Waals surface area contributed by atoms with Crippen LogP contribution in [0.5, 0.6) is 0 Å². The lowest BCUT2D eigenvalue weighted by atomic mass is 10.4. The highest BCUT2D eigenvalue weighted by atomic mass is 16.2. The van der Waals surface area contributed by atoms with Crippen LogP contribution < -0.4 is 0 Å². The normalized spacial score (nSPS) is 6.11.